The van der Waals surface area contributed by atoms with Gasteiger partial charge in [0.15, 0.2) is 0 Å². The van der Waals surface area contributed by atoms with Crippen LogP contribution in [0, 0.1) is 16.0 Å². The van der Waals surface area contributed by atoms with Gasteiger partial charge >= 0.3 is 6.18 Å². The number of benzene rings is 1. The van der Waals surface area contributed by atoms with Gasteiger partial charge in [-0.3, -0.25) is 10.1 Å². The summed E-state index contributed by atoms with van der Waals surface area (Å²) in [4.78, 5) is 9.82. The summed E-state index contributed by atoms with van der Waals surface area (Å²) in [6, 6.07) is 2.80. The Morgan fingerprint density at radius 2 is 2.10 bits per heavy atom. The lowest BCUT2D eigenvalue weighted by molar-refractivity contribution is -0.385. The molecule has 0 aromatic heterocycles. The van der Waals surface area contributed by atoms with Crippen molar-refractivity contribution in [1.29, 1.82) is 0 Å². The van der Waals surface area contributed by atoms with E-state index in [2.05, 4.69) is 5.32 Å². The van der Waals surface area contributed by atoms with E-state index in [4.69, 9.17) is 0 Å². The van der Waals surface area contributed by atoms with Gasteiger partial charge in [-0.15, -0.1) is 0 Å². The Morgan fingerprint density at radius 1 is 1.43 bits per heavy atom. The fourth-order valence-electron chi connectivity index (χ4n) is 2.31. The smallest absolute Gasteiger partial charge is 0.382 e. The molecule has 1 aromatic rings. The van der Waals surface area contributed by atoms with E-state index >= 15 is 0 Å². The molecule has 1 aromatic carbocycles. The highest BCUT2D eigenvalue weighted by molar-refractivity contribution is 5.57. The molecule has 1 N–H and O–H groups in total. The minimum absolute atomic E-state index is 0.0416. The van der Waals surface area contributed by atoms with Gasteiger partial charge in [0.25, 0.3) is 5.69 Å². The summed E-state index contributed by atoms with van der Waals surface area (Å²) in [7, 11) is 0. The molecular weight excluding hydrogens is 285 g/mol. The van der Waals surface area contributed by atoms with Gasteiger partial charge in [0.1, 0.15) is 0 Å². The largest absolute Gasteiger partial charge is 0.418 e. The number of hydrogen-bond acceptors (Lipinski definition) is 3. The third-order valence-corrected chi connectivity index (χ3v) is 3.69. The fraction of sp³-hybridized carbons (Fsp3) is 0.571. The molecule has 21 heavy (non-hydrogen) atoms. The van der Waals surface area contributed by atoms with E-state index in [-0.39, 0.29) is 11.7 Å². The van der Waals surface area contributed by atoms with Crippen molar-refractivity contribution in [2.45, 2.75) is 44.8 Å². The van der Waals surface area contributed by atoms with Crippen molar-refractivity contribution >= 4 is 11.4 Å². The summed E-state index contributed by atoms with van der Waals surface area (Å²) >= 11 is 0. The highest BCUT2D eigenvalue weighted by atomic mass is 19.4. The van der Waals surface area contributed by atoms with Crippen molar-refractivity contribution in [3.8, 4) is 0 Å². The summed E-state index contributed by atoms with van der Waals surface area (Å²) in [6.45, 7) is 1.92. The lowest BCUT2D eigenvalue weighted by Crippen LogP contribution is -2.21. The molecule has 1 fully saturated rings. The third kappa shape index (κ3) is 4.09. The van der Waals surface area contributed by atoms with E-state index in [1.54, 1.807) is 0 Å². The van der Waals surface area contributed by atoms with Gasteiger partial charge in [0.2, 0.25) is 0 Å². The molecule has 1 unspecified atom stereocenters. The molecule has 0 heterocycles. The van der Waals surface area contributed by atoms with Crippen LogP contribution in [0.3, 0.4) is 0 Å². The number of alkyl halides is 3. The highest BCUT2D eigenvalue weighted by Crippen LogP contribution is 2.39. The fourth-order valence-corrected chi connectivity index (χ4v) is 2.31. The molecule has 0 radical (unpaired) electrons. The molecule has 1 aliphatic rings. The average Bonchev–Trinajstić information content (AvgIpc) is 3.20. The zero-order valence-electron chi connectivity index (χ0n) is 11.6. The Morgan fingerprint density at radius 3 is 2.57 bits per heavy atom. The van der Waals surface area contributed by atoms with Crippen LogP contribution in [0.4, 0.5) is 24.5 Å². The van der Waals surface area contributed by atoms with Crippen LogP contribution in [-0.2, 0) is 6.18 Å². The second kappa shape index (κ2) is 5.91. The highest BCUT2D eigenvalue weighted by Gasteiger charge is 2.36. The quantitative estimate of drug-likeness (QED) is 0.617. The summed E-state index contributed by atoms with van der Waals surface area (Å²) in [5, 5.41) is 13.5. The summed E-state index contributed by atoms with van der Waals surface area (Å²) in [6.07, 6.45) is -0.809. The predicted molar refractivity (Wildman–Crippen MR) is 73.1 cm³/mol. The number of hydrogen-bond donors (Lipinski definition) is 1. The maximum atomic E-state index is 13.1. The number of rotatable bonds is 6. The van der Waals surface area contributed by atoms with Gasteiger partial charge in [-0.25, -0.2) is 0 Å². The first kappa shape index (κ1) is 15.6. The Balaban J connectivity index is 2.26. The van der Waals surface area contributed by atoms with Crippen molar-refractivity contribution < 1.29 is 18.1 Å². The van der Waals surface area contributed by atoms with Gasteiger partial charge in [0.05, 0.1) is 10.5 Å². The van der Waals surface area contributed by atoms with Gasteiger partial charge in [0, 0.05) is 23.9 Å². The maximum absolute atomic E-state index is 13.1. The second-order valence-electron chi connectivity index (χ2n) is 5.41. The SMILES string of the molecule is CCC(CC1CC1)Nc1ccc([N+](=O)[O-])cc1C(F)(F)F. The Kier molecular flexibility index (Phi) is 4.39. The molecule has 1 atom stereocenters. The lowest BCUT2D eigenvalue weighted by atomic mass is 10.1. The Hall–Kier alpha value is -1.79. The zero-order chi connectivity index (χ0) is 15.6. The number of nitro benzene ring substituents is 1. The number of nitrogens with zero attached hydrogens (tertiary/aromatic N) is 1. The summed E-state index contributed by atoms with van der Waals surface area (Å²) < 4.78 is 39.2. The molecule has 0 bridgehead atoms. The molecule has 7 heteroatoms. The van der Waals surface area contributed by atoms with Crippen molar-refractivity contribution in [3.63, 3.8) is 0 Å². The van der Waals surface area contributed by atoms with Crippen molar-refractivity contribution in [3.05, 3.63) is 33.9 Å². The number of nitro groups is 1. The third-order valence-electron chi connectivity index (χ3n) is 3.69. The molecule has 1 saturated carbocycles. The van der Waals surface area contributed by atoms with Crippen molar-refractivity contribution in [2.75, 3.05) is 5.32 Å². The van der Waals surface area contributed by atoms with Gasteiger partial charge < -0.3 is 5.32 Å². The molecule has 0 saturated heterocycles. The van der Waals surface area contributed by atoms with Gasteiger partial charge in [-0.2, -0.15) is 13.2 Å². The number of anilines is 1. The van der Waals surface area contributed by atoms with Gasteiger partial charge in [-0.05, 0) is 24.8 Å². The lowest BCUT2D eigenvalue weighted by Gasteiger charge is -2.21. The predicted octanol–water partition coefficient (Wildman–Crippen LogP) is 4.60. The number of nitrogens with one attached hydrogen (secondary N) is 1. The Labute approximate surface area is 120 Å². The first-order valence-electron chi connectivity index (χ1n) is 6.93. The van der Waals surface area contributed by atoms with E-state index in [0.717, 1.165) is 31.4 Å². The molecule has 2 rings (SSSR count). The summed E-state index contributed by atoms with van der Waals surface area (Å²) in [5.41, 5.74) is -1.62. The van der Waals surface area contributed by atoms with Crippen LogP contribution in [0.15, 0.2) is 18.2 Å². The number of halogens is 3. The van der Waals surface area contributed by atoms with Crippen LogP contribution in [0.1, 0.15) is 38.2 Å². The van der Waals surface area contributed by atoms with Crippen LogP contribution in [0.25, 0.3) is 0 Å². The van der Waals surface area contributed by atoms with E-state index < -0.39 is 22.4 Å². The zero-order valence-corrected chi connectivity index (χ0v) is 11.6. The maximum Gasteiger partial charge on any atom is 0.418 e. The molecular formula is C14H17F3N2O2. The molecule has 1 aliphatic carbocycles. The Bertz CT molecular complexity index is 527. The molecule has 0 spiro atoms. The average molecular weight is 302 g/mol. The van der Waals surface area contributed by atoms with Crippen LogP contribution in [0.2, 0.25) is 0 Å². The van der Waals surface area contributed by atoms with E-state index in [9.17, 15) is 23.3 Å². The van der Waals surface area contributed by atoms with Crippen LogP contribution in [0.5, 0.6) is 0 Å². The standard InChI is InChI=1S/C14H17F3N2O2/c1-2-10(7-9-3-4-9)18-13-6-5-11(19(20)21)8-12(13)14(15,16)17/h5-6,8-10,18H,2-4,7H2,1H3. The first-order valence-corrected chi connectivity index (χ1v) is 6.93. The van der Waals surface area contributed by atoms with Crippen molar-refractivity contribution in [2.24, 2.45) is 5.92 Å². The summed E-state index contributed by atoms with van der Waals surface area (Å²) in [5.74, 6) is 0.592. The van der Waals surface area contributed by atoms with Crippen LogP contribution < -0.4 is 5.32 Å². The molecule has 4 nitrogen and oxygen atoms in total. The van der Waals surface area contributed by atoms with E-state index in [0.29, 0.717) is 18.4 Å². The minimum Gasteiger partial charge on any atom is -0.382 e. The number of non-ortho nitro benzene ring substituents is 1. The van der Waals surface area contributed by atoms with Crippen LogP contribution in [-0.4, -0.2) is 11.0 Å². The minimum atomic E-state index is -4.62. The first-order chi connectivity index (χ1) is 9.81. The van der Waals surface area contributed by atoms with E-state index in [1.165, 1.54) is 0 Å². The molecule has 0 aliphatic heterocycles. The van der Waals surface area contributed by atoms with Crippen LogP contribution >= 0.6 is 0 Å². The molecule has 0 amide bonds. The second-order valence-corrected chi connectivity index (χ2v) is 5.41. The monoisotopic (exact) mass is 302 g/mol. The van der Waals surface area contributed by atoms with E-state index in [1.807, 2.05) is 6.92 Å². The van der Waals surface area contributed by atoms with Crippen molar-refractivity contribution in [1.82, 2.24) is 0 Å². The topological polar surface area (TPSA) is 55.2 Å². The van der Waals surface area contributed by atoms with Gasteiger partial charge in [-0.1, -0.05) is 19.8 Å². The molecule has 116 valence electrons. The normalized spacial score (nSPS) is 16.6.